The Morgan fingerprint density at radius 2 is 1.68 bits per heavy atom. The summed E-state index contributed by atoms with van der Waals surface area (Å²) in [6.07, 6.45) is 8.47. The maximum atomic E-state index is 12.5. The van der Waals surface area contributed by atoms with Crippen LogP contribution in [0.1, 0.15) is 56.6 Å². The molecular formula is C22H31NOS. The molecule has 4 fully saturated rings. The second kappa shape index (κ2) is 6.98. The molecule has 4 aliphatic rings. The first-order chi connectivity index (χ1) is 12.0. The Bertz CT molecular complexity index is 588. The molecule has 1 N–H and O–H groups in total. The van der Waals surface area contributed by atoms with Gasteiger partial charge in [0.05, 0.1) is 5.75 Å². The van der Waals surface area contributed by atoms with E-state index in [4.69, 9.17) is 0 Å². The number of nitrogens with one attached hydrogen (secondary N) is 1. The lowest BCUT2D eigenvalue weighted by Gasteiger charge is -2.59. The van der Waals surface area contributed by atoms with Gasteiger partial charge in [-0.15, -0.1) is 11.8 Å². The van der Waals surface area contributed by atoms with Gasteiger partial charge in [0.2, 0.25) is 5.91 Å². The van der Waals surface area contributed by atoms with Gasteiger partial charge in [-0.25, -0.2) is 0 Å². The maximum Gasteiger partial charge on any atom is 0.230 e. The number of carbonyl (C=O) groups excluding carboxylic acids is 1. The monoisotopic (exact) mass is 357 g/mol. The largest absolute Gasteiger partial charge is 0.352 e. The quantitative estimate of drug-likeness (QED) is 0.780. The molecule has 3 heteroatoms. The van der Waals surface area contributed by atoms with Crippen molar-refractivity contribution in [3.05, 3.63) is 35.4 Å². The van der Waals surface area contributed by atoms with Crippen molar-refractivity contribution in [1.82, 2.24) is 5.32 Å². The van der Waals surface area contributed by atoms with Crippen LogP contribution < -0.4 is 5.32 Å². The second-order valence-electron chi connectivity index (χ2n) is 9.05. The van der Waals surface area contributed by atoms with Crippen LogP contribution in [0.15, 0.2) is 24.3 Å². The van der Waals surface area contributed by atoms with Crippen LogP contribution >= 0.6 is 11.8 Å². The van der Waals surface area contributed by atoms with E-state index in [-0.39, 0.29) is 5.91 Å². The molecule has 0 spiro atoms. The van der Waals surface area contributed by atoms with Gasteiger partial charge in [0, 0.05) is 11.8 Å². The minimum Gasteiger partial charge on any atom is -0.352 e. The average Bonchev–Trinajstić information content (AvgIpc) is 2.55. The summed E-state index contributed by atoms with van der Waals surface area (Å²) in [5.74, 6) is 4.55. The van der Waals surface area contributed by atoms with E-state index in [1.54, 1.807) is 11.8 Å². The van der Waals surface area contributed by atoms with Crippen LogP contribution in [0.5, 0.6) is 0 Å². The number of hydrogen-bond acceptors (Lipinski definition) is 2. The summed E-state index contributed by atoms with van der Waals surface area (Å²) in [6, 6.07) is 8.96. The Balaban J connectivity index is 1.27. The molecule has 4 bridgehead atoms. The fourth-order valence-electron chi connectivity index (χ4n) is 6.09. The predicted molar refractivity (Wildman–Crippen MR) is 106 cm³/mol. The predicted octanol–water partition coefficient (Wildman–Crippen LogP) is 4.95. The van der Waals surface area contributed by atoms with E-state index in [0.29, 0.717) is 17.2 Å². The van der Waals surface area contributed by atoms with Gasteiger partial charge in [0.1, 0.15) is 0 Å². The lowest BCUT2D eigenvalue weighted by molar-refractivity contribution is -0.123. The summed E-state index contributed by atoms with van der Waals surface area (Å²) in [4.78, 5) is 12.5. The number of amides is 1. The van der Waals surface area contributed by atoms with Gasteiger partial charge >= 0.3 is 0 Å². The zero-order chi connectivity index (χ0) is 17.4. The summed E-state index contributed by atoms with van der Waals surface area (Å²) >= 11 is 1.73. The molecule has 2 nitrogen and oxygen atoms in total. The van der Waals surface area contributed by atoms with Crippen molar-refractivity contribution >= 4 is 17.7 Å². The minimum atomic E-state index is 0.223. The summed E-state index contributed by atoms with van der Waals surface area (Å²) in [5, 5.41) is 3.37. The van der Waals surface area contributed by atoms with Crippen LogP contribution in [0.2, 0.25) is 0 Å². The van der Waals surface area contributed by atoms with Crippen LogP contribution in [0.4, 0.5) is 0 Å². The fourth-order valence-corrected chi connectivity index (χ4v) is 6.89. The van der Waals surface area contributed by atoms with E-state index < -0.39 is 0 Å². The molecule has 1 amide bonds. The van der Waals surface area contributed by atoms with E-state index >= 15 is 0 Å². The van der Waals surface area contributed by atoms with E-state index in [9.17, 15) is 4.79 Å². The van der Waals surface area contributed by atoms with Gasteiger partial charge < -0.3 is 5.32 Å². The molecule has 0 heterocycles. The number of benzene rings is 1. The highest BCUT2D eigenvalue weighted by Crippen LogP contribution is 2.61. The van der Waals surface area contributed by atoms with E-state index in [1.165, 1.54) is 49.7 Å². The van der Waals surface area contributed by atoms with Crippen molar-refractivity contribution in [3.8, 4) is 0 Å². The van der Waals surface area contributed by atoms with E-state index in [1.807, 2.05) is 0 Å². The first-order valence-corrected chi connectivity index (χ1v) is 11.1. The van der Waals surface area contributed by atoms with Gasteiger partial charge in [-0.1, -0.05) is 29.8 Å². The molecule has 5 rings (SSSR count). The molecule has 0 aliphatic heterocycles. The average molecular weight is 358 g/mol. The Hall–Kier alpha value is -0.960. The lowest BCUT2D eigenvalue weighted by Crippen LogP contribution is -2.56. The first kappa shape index (κ1) is 17.5. The van der Waals surface area contributed by atoms with Crippen molar-refractivity contribution in [2.75, 3.05) is 5.75 Å². The first-order valence-electron chi connectivity index (χ1n) is 9.95. The van der Waals surface area contributed by atoms with Gasteiger partial charge in [-0.2, -0.15) is 0 Å². The molecule has 1 aromatic rings. The van der Waals surface area contributed by atoms with Crippen molar-refractivity contribution in [2.45, 2.75) is 64.2 Å². The molecular weight excluding hydrogens is 326 g/mol. The molecule has 136 valence electrons. The van der Waals surface area contributed by atoms with Crippen molar-refractivity contribution in [3.63, 3.8) is 0 Å². The summed E-state index contributed by atoms with van der Waals surface area (Å²) in [7, 11) is 0. The Morgan fingerprint density at radius 1 is 1.12 bits per heavy atom. The van der Waals surface area contributed by atoms with Gasteiger partial charge in [-0.3, -0.25) is 4.79 Å². The third-order valence-electron chi connectivity index (χ3n) is 7.00. The Kier molecular flexibility index (Phi) is 4.87. The van der Waals surface area contributed by atoms with Crippen molar-refractivity contribution in [2.24, 2.45) is 23.2 Å². The molecule has 25 heavy (non-hydrogen) atoms. The molecule has 4 aliphatic carbocycles. The zero-order valence-corrected chi connectivity index (χ0v) is 16.4. The third kappa shape index (κ3) is 3.77. The van der Waals surface area contributed by atoms with E-state index in [0.717, 1.165) is 23.5 Å². The number of thioether (sulfide) groups is 1. The van der Waals surface area contributed by atoms with Gasteiger partial charge in [-0.05, 0) is 81.1 Å². The van der Waals surface area contributed by atoms with Crippen LogP contribution in [0.3, 0.4) is 0 Å². The summed E-state index contributed by atoms with van der Waals surface area (Å²) in [5.41, 5.74) is 3.00. The molecule has 1 aromatic carbocycles. The normalized spacial score (nSPS) is 34.1. The van der Waals surface area contributed by atoms with E-state index in [2.05, 4.69) is 43.4 Å². The fraction of sp³-hybridized carbons (Fsp3) is 0.682. The molecule has 4 saturated carbocycles. The van der Waals surface area contributed by atoms with Gasteiger partial charge in [0.25, 0.3) is 0 Å². The highest BCUT2D eigenvalue weighted by molar-refractivity contribution is 7.99. The molecule has 0 saturated heterocycles. The highest BCUT2D eigenvalue weighted by Gasteiger charge is 2.53. The number of hydrogen-bond donors (Lipinski definition) is 1. The zero-order valence-electron chi connectivity index (χ0n) is 15.6. The summed E-state index contributed by atoms with van der Waals surface area (Å²) in [6.45, 7) is 4.38. The van der Waals surface area contributed by atoms with Crippen LogP contribution in [-0.2, 0) is 10.5 Å². The standard InChI is InChI=1S/C22H31NOS/c1-15-3-5-17(6-4-15)13-25-14-21(24)23-16(2)22-10-18-7-19(11-22)9-20(8-18)12-22/h3-6,16,18-20H,7-14H2,1-2H3,(H,23,24)/t16-,18?,19?,20?,22?/m0/s1. The molecule has 1 atom stereocenters. The minimum absolute atomic E-state index is 0.223. The Morgan fingerprint density at radius 3 is 2.24 bits per heavy atom. The van der Waals surface area contributed by atoms with Crippen LogP contribution in [-0.4, -0.2) is 17.7 Å². The Labute approximate surface area is 156 Å². The maximum absolute atomic E-state index is 12.5. The smallest absolute Gasteiger partial charge is 0.230 e. The lowest BCUT2D eigenvalue weighted by atomic mass is 9.48. The van der Waals surface area contributed by atoms with Crippen LogP contribution in [0, 0.1) is 30.1 Å². The third-order valence-corrected chi connectivity index (χ3v) is 8.01. The topological polar surface area (TPSA) is 29.1 Å². The highest BCUT2D eigenvalue weighted by atomic mass is 32.2. The van der Waals surface area contributed by atoms with Crippen molar-refractivity contribution < 1.29 is 4.79 Å². The molecule has 0 unspecified atom stereocenters. The van der Waals surface area contributed by atoms with Crippen LogP contribution in [0.25, 0.3) is 0 Å². The SMILES string of the molecule is Cc1ccc(CSCC(=O)N[C@@H](C)C23CC4CC(CC(C4)C2)C3)cc1. The molecule has 0 radical (unpaired) electrons. The summed E-state index contributed by atoms with van der Waals surface area (Å²) < 4.78 is 0. The van der Waals surface area contributed by atoms with Crippen molar-refractivity contribution in [1.29, 1.82) is 0 Å². The number of rotatable bonds is 6. The van der Waals surface area contributed by atoms with Gasteiger partial charge in [0.15, 0.2) is 0 Å². The number of carbonyl (C=O) groups is 1. The number of aryl methyl sites for hydroxylation is 1. The second-order valence-corrected chi connectivity index (χ2v) is 10.0. The molecule has 0 aromatic heterocycles.